The van der Waals surface area contributed by atoms with Crippen molar-refractivity contribution in [3.05, 3.63) is 41.7 Å². The Hall–Kier alpha value is -1.68. The van der Waals surface area contributed by atoms with Gasteiger partial charge in [-0.2, -0.15) is 0 Å². The molecule has 0 radical (unpaired) electrons. The van der Waals surface area contributed by atoms with Gasteiger partial charge < -0.3 is 5.11 Å². The maximum absolute atomic E-state index is 10.4. The lowest BCUT2D eigenvalue weighted by atomic mass is 10.2. The van der Waals surface area contributed by atoms with Gasteiger partial charge in [-0.1, -0.05) is 5.57 Å². The topological polar surface area (TPSA) is 53.4 Å². The summed E-state index contributed by atoms with van der Waals surface area (Å²) in [7, 11) is 1.96. The Balaban J connectivity index is 2.48. The average Bonchev–Trinajstić information content (AvgIpc) is 2.17. The number of pyridine rings is 1. The number of likely N-dealkylation sites (N-methyl/N-ethyl adjacent to an activating group) is 1. The van der Waals surface area contributed by atoms with Crippen molar-refractivity contribution in [3.8, 4) is 0 Å². The first-order valence-corrected chi connectivity index (χ1v) is 5.05. The van der Waals surface area contributed by atoms with E-state index in [1.165, 1.54) is 11.6 Å². The van der Waals surface area contributed by atoms with E-state index in [-0.39, 0.29) is 0 Å². The number of carboxylic acids is 1. The summed E-state index contributed by atoms with van der Waals surface area (Å²) in [6.07, 6.45) is 4.75. The Kier molecular flexibility index (Phi) is 4.66. The summed E-state index contributed by atoms with van der Waals surface area (Å²) >= 11 is 0. The molecule has 0 aliphatic heterocycles. The van der Waals surface area contributed by atoms with Crippen LogP contribution in [0.2, 0.25) is 0 Å². The smallest absolute Gasteiger partial charge is 0.328 e. The minimum absolute atomic E-state index is 0.647. The first-order valence-electron chi connectivity index (χ1n) is 5.05. The van der Waals surface area contributed by atoms with Crippen LogP contribution in [0.25, 0.3) is 0 Å². The van der Waals surface area contributed by atoms with E-state index in [1.54, 1.807) is 12.4 Å². The first kappa shape index (κ1) is 12.4. The van der Waals surface area contributed by atoms with E-state index in [9.17, 15) is 4.79 Å². The molecule has 0 aliphatic rings. The summed E-state index contributed by atoms with van der Waals surface area (Å²) in [5, 5.41) is 8.58. The van der Waals surface area contributed by atoms with E-state index in [1.807, 2.05) is 26.1 Å². The van der Waals surface area contributed by atoms with Crippen molar-refractivity contribution in [3.63, 3.8) is 0 Å². The Morgan fingerprint density at radius 1 is 1.50 bits per heavy atom. The highest BCUT2D eigenvalue weighted by molar-refractivity contribution is 5.80. The third-order valence-electron chi connectivity index (χ3n) is 2.09. The number of aliphatic carboxylic acids is 1. The minimum Gasteiger partial charge on any atom is -0.478 e. The molecule has 0 saturated carbocycles. The molecule has 0 spiro atoms. The molecule has 0 unspecified atom stereocenters. The highest BCUT2D eigenvalue weighted by Gasteiger charge is 2.02. The van der Waals surface area contributed by atoms with Crippen LogP contribution in [0, 0.1) is 0 Å². The lowest BCUT2D eigenvalue weighted by Crippen LogP contribution is -2.20. The Labute approximate surface area is 95.2 Å². The Bertz CT molecular complexity index is 374. The number of carboxylic acid groups (broad SMARTS) is 1. The molecule has 0 bridgehead atoms. The summed E-state index contributed by atoms with van der Waals surface area (Å²) in [5.41, 5.74) is 2.00. The third-order valence-corrected chi connectivity index (χ3v) is 2.09. The Morgan fingerprint density at radius 3 is 2.69 bits per heavy atom. The van der Waals surface area contributed by atoms with Crippen LogP contribution < -0.4 is 0 Å². The summed E-state index contributed by atoms with van der Waals surface area (Å²) in [4.78, 5) is 16.5. The summed E-state index contributed by atoms with van der Waals surface area (Å²) < 4.78 is 0. The second-order valence-corrected chi connectivity index (χ2v) is 3.86. The molecule has 1 aromatic heterocycles. The monoisotopic (exact) mass is 220 g/mol. The van der Waals surface area contributed by atoms with Crippen molar-refractivity contribution in [2.45, 2.75) is 13.5 Å². The van der Waals surface area contributed by atoms with Gasteiger partial charge in [0.25, 0.3) is 0 Å². The first-order chi connectivity index (χ1) is 7.58. The number of hydrogen-bond donors (Lipinski definition) is 1. The van der Waals surface area contributed by atoms with Crippen molar-refractivity contribution in [2.24, 2.45) is 0 Å². The van der Waals surface area contributed by atoms with E-state index >= 15 is 0 Å². The van der Waals surface area contributed by atoms with Gasteiger partial charge >= 0.3 is 5.97 Å². The van der Waals surface area contributed by atoms with Crippen LogP contribution in [-0.4, -0.2) is 34.6 Å². The van der Waals surface area contributed by atoms with Gasteiger partial charge in [-0.25, -0.2) is 4.79 Å². The molecule has 4 heteroatoms. The van der Waals surface area contributed by atoms with Crippen LogP contribution in [-0.2, 0) is 11.3 Å². The van der Waals surface area contributed by atoms with Crippen LogP contribution in [0.15, 0.2) is 36.2 Å². The predicted octanol–water partition coefficient (Wildman–Crippen LogP) is 1.54. The van der Waals surface area contributed by atoms with E-state index in [4.69, 9.17) is 5.11 Å². The molecule has 0 saturated heterocycles. The number of hydrogen-bond acceptors (Lipinski definition) is 3. The van der Waals surface area contributed by atoms with Gasteiger partial charge in [0.05, 0.1) is 0 Å². The van der Waals surface area contributed by atoms with Crippen molar-refractivity contribution < 1.29 is 9.90 Å². The molecule has 4 nitrogen and oxygen atoms in total. The SMILES string of the molecule is CC(=CC(=O)O)CN(C)Cc1ccncc1. The van der Waals surface area contributed by atoms with E-state index in [2.05, 4.69) is 9.88 Å². The molecule has 1 aromatic rings. The van der Waals surface area contributed by atoms with Crippen molar-refractivity contribution in [1.82, 2.24) is 9.88 Å². The van der Waals surface area contributed by atoms with Crippen molar-refractivity contribution in [2.75, 3.05) is 13.6 Å². The molecule has 1 heterocycles. The van der Waals surface area contributed by atoms with Crippen LogP contribution in [0.1, 0.15) is 12.5 Å². The largest absolute Gasteiger partial charge is 0.478 e. The summed E-state index contributed by atoms with van der Waals surface area (Å²) in [6.45, 7) is 3.25. The fourth-order valence-corrected chi connectivity index (χ4v) is 1.54. The van der Waals surface area contributed by atoms with E-state index in [0.717, 1.165) is 12.1 Å². The summed E-state index contributed by atoms with van der Waals surface area (Å²) in [5.74, 6) is -0.894. The van der Waals surface area contributed by atoms with Gasteiger partial charge in [-0.05, 0) is 31.7 Å². The molecule has 0 aliphatic carbocycles. The predicted molar refractivity (Wildman–Crippen MR) is 62.0 cm³/mol. The van der Waals surface area contributed by atoms with Gasteiger partial charge in [0.1, 0.15) is 0 Å². The fourth-order valence-electron chi connectivity index (χ4n) is 1.54. The molecule has 0 atom stereocenters. The normalized spacial score (nSPS) is 11.8. The zero-order valence-electron chi connectivity index (χ0n) is 9.55. The number of nitrogens with zero attached hydrogens (tertiary/aromatic N) is 2. The van der Waals surface area contributed by atoms with Gasteiger partial charge in [0, 0.05) is 31.6 Å². The van der Waals surface area contributed by atoms with Crippen molar-refractivity contribution >= 4 is 5.97 Å². The van der Waals surface area contributed by atoms with Gasteiger partial charge in [-0.3, -0.25) is 9.88 Å². The molecule has 0 fully saturated rings. The number of aromatic nitrogens is 1. The third kappa shape index (κ3) is 4.70. The molecular weight excluding hydrogens is 204 g/mol. The Morgan fingerprint density at radius 2 is 2.12 bits per heavy atom. The quantitative estimate of drug-likeness (QED) is 0.765. The second kappa shape index (κ2) is 6.02. The minimum atomic E-state index is -0.894. The van der Waals surface area contributed by atoms with Gasteiger partial charge in [-0.15, -0.1) is 0 Å². The van der Waals surface area contributed by atoms with E-state index in [0.29, 0.717) is 6.54 Å². The molecule has 0 amide bonds. The fraction of sp³-hybridized carbons (Fsp3) is 0.333. The average molecular weight is 220 g/mol. The van der Waals surface area contributed by atoms with Crippen LogP contribution in [0.5, 0.6) is 0 Å². The van der Waals surface area contributed by atoms with Crippen LogP contribution >= 0.6 is 0 Å². The zero-order chi connectivity index (χ0) is 12.0. The highest BCUT2D eigenvalue weighted by Crippen LogP contribution is 2.03. The molecule has 16 heavy (non-hydrogen) atoms. The number of carbonyl (C=O) groups is 1. The molecular formula is C12H16N2O2. The summed E-state index contributed by atoms with van der Waals surface area (Å²) in [6, 6.07) is 3.90. The maximum atomic E-state index is 10.4. The number of rotatable bonds is 5. The van der Waals surface area contributed by atoms with Crippen molar-refractivity contribution in [1.29, 1.82) is 0 Å². The van der Waals surface area contributed by atoms with Gasteiger partial charge in [0.15, 0.2) is 0 Å². The van der Waals surface area contributed by atoms with Crippen LogP contribution in [0.3, 0.4) is 0 Å². The molecule has 1 rings (SSSR count). The van der Waals surface area contributed by atoms with Gasteiger partial charge in [0.2, 0.25) is 0 Å². The molecule has 1 N–H and O–H groups in total. The lowest BCUT2D eigenvalue weighted by molar-refractivity contribution is -0.131. The lowest BCUT2D eigenvalue weighted by Gasteiger charge is -2.16. The molecule has 86 valence electrons. The maximum Gasteiger partial charge on any atom is 0.328 e. The van der Waals surface area contributed by atoms with E-state index < -0.39 is 5.97 Å². The molecule has 0 aromatic carbocycles. The van der Waals surface area contributed by atoms with Crippen LogP contribution in [0.4, 0.5) is 0 Å². The second-order valence-electron chi connectivity index (χ2n) is 3.86. The highest BCUT2D eigenvalue weighted by atomic mass is 16.4. The zero-order valence-corrected chi connectivity index (χ0v) is 9.55. The standard InChI is InChI=1S/C12H16N2O2/c1-10(7-12(15)16)8-14(2)9-11-3-5-13-6-4-11/h3-7H,8-9H2,1-2H3,(H,15,16).